The number of benzene rings is 2. The van der Waals surface area contributed by atoms with E-state index in [-0.39, 0.29) is 36.9 Å². The summed E-state index contributed by atoms with van der Waals surface area (Å²) in [4.78, 5) is 23.9. The van der Waals surface area contributed by atoms with Crippen LogP contribution in [0, 0.1) is 11.3 Å². The summed E-state index contributed by atoms with van der Waals surface area (Å²) < 4.78 is 1.55. The molecule has 0 spiro atoms. The first-order valence-corrected chi connectivity index (χ1v) is 9.02. The topological polar surface area (TPSA) is 120 Å². The van der Waals surface area contributed by atoms with Crippen LogP contribution in [0.25, 0.3) is 10.9 Å². The van der Waals surface area contributed by atoms with Crippen LogP contribution < -0.4 is 5.32 Å². The van der Waals surface area contributed by atoms with Gasteiger partial charge in [-0.1, -0.05) is 48.5 Å². The molecule has 0 fully saturated rings. The van der Waals surface area contributed by atoms with Gasteiger partial charge < -0.3 is 15.0 Å². The molecule has 3 rings (SSSR count). The van der Waals surface area contributed by atoms with Crippen molar-refractivity contribution in [2.75, 3.05) is 6.54 Å². The van der Waals surface area contributed by atoms with Crippen LogP contribution in [0.3, 0.4) is 0 Å². The van der Waals surface area contributed by atoms with Gasteiger partial charge in [-0.25, -0.2) is 0 Å². The van der Waals surface area contributed by atoms with E-state index in [1.807, 2.05) is 36.4 Å². The van der Waals surface area contributed by atoms with Crippen LogP contribution in [-0.2, 0) is 22.6 Å². The Morgan fingerprint density at radius 3 is 2.59 bits per heavy atom. The van der Waals surface area contributed by atoms with Crippen molar-refractivity contribution in [1.82, 2.24) is 9.88 Å². The summed E-state index contributed by atoms with van der Waals surface area (Å²) in [6.45, 7) is 0.00482. The Kier molecular flexibility index (Phi) is 6.32. The third-order valence-corrected chi connectivity index (χ3v) is 4.27. The number of nitriles is 1. The fraction of sp³-hybridized carbons (Fsp3) is 0.190. The zero-order chi connectivity index (χ0) is 20.6. The van der Waals surface area contributed by atoms with Crippen molar-refractivity contribution in [2.24, 2.45) is 10.2 Å². The van der Waals surface area contributed by atoms with Crippen LogP contribution in [0.15, 0.2) is 64.8 Å². The van der Waals surface area contributed by atoms with Gasteiger partial charge in [0.2, 0.25) is 11.8 Å². The molecule has 2 amide bonds. The molecule has 8 heteroatoms. The third-order valence-electron chi connectivity index (χ3n) is 4.27. The Morgan fingerprint density at radius 1 is 1.10 bits per heavy atom. The number of carbonyl (C=O) groups excluding carboxylic acids is 2. The summed E-state index contributed by atoms with van der Waals surface area (Å²) in [6.07, 6.45) is 0.383. The van der Waals surface area contributed by atoms with Gasteiger partial charge in [0.25, 0.3) is 5.91 Å². The van der Waals surface area contributed by atoms with E-state index >= 15 is 0 Å². The second-order valence-electron chi connectivity index (χ2n) is 6.28. The van der Waals surface area contributed by atoms with Gasteiger partial charge in [0, 0.05) is 11.9 Å². The van der Waals surface area contributed by atoms with E-state index < -0.39 is 5.91 Å². The van der Waals surface area contributed by atoms with Crippen molar-refractivity contribution in [3.05, 3.63) is 60.2 Å². The van der Waals surface area contributed by atoms with Crippen LogP contribution in [0.5, 0.6) is 5.88 Å². The minimum Gasteiger partial charge on any atom is -0.493 e. The Hall–Kier alpha value is -3.99. The van der Waals surface area contributed by atoms with Crippen LogP contribution in [0.1, 0.15) is 12.0 Å². The molecule has 0 saturated heterocycles. The van der Waals surface area contributed by atoms with E-state index in [4.69, 9.17) is 5.26 Å². The van der Waals surface area contributed by atoms with Crippen molar-refractivity contribution >= 4 is 28.4 Å². The number of carbonyl (C=O) groups is 2. The molecule has 0 aliphatic heterocycles. The van der Waals surface area contributed by atoms with Crippen molar-refractivity contribution in [3.8, 4) is 11.9 Å². The number of hydrogen-bond acceptors (Lipinski definition) is 5. The van der Waals surface area contributed by atoms with Crippen molar-refractivity contribution in [3.63, 3.8) is 0 Å². The number of amides is 2. The monoisotopic (exact) mass is 389 g/mol. The highest BCUT2D eigenvalue weighted by atomic mass is 16.3. The molecular weight excluding hydrogens is 370 g/mol. The minimum atomic E-state index is -0.639. The van der Waals surface area contributed by atoms with Gasteiger partial charge in [0.15, 0.2) is 5.69 Å². The summed E-state index contributed by atoms with van der Waals surface area (Å²) >= 11 is 0. The first kappa shape index (κ1) is 19.8. The molecule has 29 heavy (non-hydrogen) atoms. The number of fused-ring (bicyclic) bond motifs is 1. The lowest BCUT2D eigenvalue weighted by atomic mass is 10.1. The van der Waals surface area contributed by atoms with Gasteiger partial charge in [-0.2, -0.15) is 5.26 Å². The maximum absolute atomic E-state index is 12.0. The average Bonchev–Trinajstić information content (AvgIpc) is 3.00. The summed E-state index contributed by atoms with van der Waals surface area (Å²) in [5.41, 5.74) is 1.69. The van der Waals surface area contributed by atoms with E-state index in [0.717, 1.165) is 5.56 Å². The van der Waals surface area contributed by atoms with E-state index in [9.17, 15) is 14.7 Å². The third kappa shape index (κ3) is 4.84. The highest BCUT2D eigenvalue weighted by Gasteiger charge is 2.16. The van der Waals surface area contributed by atoms with Gasteiger partial charge in [0.1, 0.15) is 6.54 Å². The predicted octanol–water partition coefficient (Wildman–Crippen LogP) is 3.23. The number of aromatic nitrogens is 1. The first-order chi connectivity index (χ1) is 14.1. The Morgan fingerprint density at radius 2 is 1.83 bits per heavy atom. The highest BCUT2D eigenvalue weighted by Crippen LogP contribution is 2.38. The average molecular weight is 389 g/mol. The molecule has 0 aliphatic carbocycles. The van der Waals surface area contributed by atoms with E-state index in [1.165, 1.54) is 0 Å². The van der Waals surface area contributed by atoms with E-state index in [0.29, 0.717) is 17.4 Å². The Bertz CT molecular complexity index is 1100. The predicted molar refractivity (Wildman–Crippen MR) is 107 cm³/mol. The fourth-order valence-corrected chi connectivity index (χ4v) is 2.92. The molecule has 0 radical (unpaired) electrons. The summed E-state index contributed by atoms with van der Waals surface area (Å²) in [5.74, 6) is -1.10. The smallest absolute Gasteiger partial charge is 0.283 e. The van der Waals surface area contributed by atoms with Crippen molar-refractivity contribution in [1.29, 1.82) is 5.26 Å². The lowest BCUT2D eigenvalue weighted by molar-refractivity contribution is -0.124. The lowest BCUT2D eigenvalue weighted by Gasteiger charge is -2.03. The van der Waals surface area contributed by atoms with Crippen LogP contribution in [0.4, 0.5) is 5.69 Å². The largest absolute Gasteiger partial charge is 0.493 e. The molecule has 2 N–H and O–H groups in total. The molecule has 0 unspecified atom stereocenters. The van der Waals surface area contributed by atoms with Gasteiger partial charge in [0.05, 0.1) is 24.4 Å². The van der Waals surface area contributed by atoms with Crippen LogP contribution >= 0.6 is 0 Å². The van der Waals surface area contributed by atoms with Crippen LogP contribution in [0.2, 0.25) is 0 Å². The van der Waals surface area contributed by atoms with Gasteiger partial charge >= 0.3 is 0 Å². The second-order valence-corrected chi connectivity index (χ2v) is 6.28. The van der Waals surface area contributed by atoms with Gasteiger partial charge in [-0.3, -0.25) is 9.59 Å². The zero-order valence-corrected chi connectivity index (χ0v) is 15.6. The second kappa shape index (κ2) is 9.28. The lowest BCUT2D eigenvalue weighted by Crippen LogP contribution is -2.29. The van der Waals surface area contributed by atoms with Crippen LogP contribution in [-0.4, -0.2) is 28.0 Å². The summed E-state index contributed by atoms with van der Waals surface area (Å²) in [6, 6.07) is 18.3. The minimum absolute atomic E-state index is 0.155. The van der Waals surface area contributed by atoms with E-state index in [1.54, 1.807) is 28.8 Å². The molecule has 1 heterocycles. The summed E-state index contributed by atoms with van der Waals surface area (Å²) in [5, 5.41) is 29.9. The maximum atomic E-state index is 12.0. The SMILES string of the molecule is N#CCCn1c(O)c(N=NC(=O)CNC(=O)Cc2ccccc2)c2ccccc21. The molecule has 0 atom stereocenters. The molecule has 8 nitrogen and oxygen atoms in total. The number of aryl methyl sites for hydroxylation is 1. The van der Waals surface area contributed by atoms with Crippen molar-refractivity contribution in [2.45, 2.75) is 19.4 Å². The number of nitrogens with one attached hydrogen (secondary N) is 1. The highest BCUT2D eigenvalue weighted by molar-refractivity contribution is 5.95. The molecule has 0 bridgehead atoms. The Balaban J connectivity index is 1.67. The number of rotatable bonds is 7. The normalized spacial score (nSPS) is 10.9. The van der Waals surface area contributed by atoms with Gasteiger partial charge in [-0.15, -0.1) is 10.2 Å². The molecule has 146 valence electrons. The molecule has 0 saturated carbocycles. The fourth-order valence-electron chi connectivity index (χ4n) is 2.92. The maximum Gasteiger partial charge on any atom is 0.283 e. The van der Waals surface area contributed by atoms with E-state index in [2.05, 4.69) is 15.5 Å². The summed E-state index contributed by atoms with van der Waals surface area (Å²) in [7, 11) is 0. The number of nitrogens with zero attached hydrogens (tertiary/aromatic N) is 4. The molecule has 2 aromatic carbocycles. The number of azo groups is 1. The Labute approximate surface area is 167 Å². The van der Waals surface area contributed by atoms with Crippen molar-refractivity contribution < 1.29 is 14.7 Å². The molecular formula is C21H19N5O3. The number of hydrogen-bond donors (Lipinski definition) is 2. The molecule has 1 aromatic heterocycles. The zero-order valence-electron chi connectivity index (χ0n) is 15.6. The standard InChI is InChI=1S/C21H19N5O3/c22-11-6-12-26-17-10-5-4-9-16(17)20(21(26)29)25-24-19(28)14-23-18(27)13-15-7-2-1-3-8-15/h1-5,7-10,29H,6,12-14H2,(H,23,27). The molecule has 3 aromatic rings. The number of para-hydroxylation sites is 1. The van der Waals surface area contributed by atoms with Gasteiger partial charge in [-0.05, 0) is 11.6 Å². The number of aromatic hydroxyl groups is 1. The molecule has 0 aliphatic rings. The quantitative estimate of drug-likeness (QED) is 0.603. The first-order valence-electron chi connectivity index (χ1n) is 9.02.